The molecule has 10 nitrogen and oxygen atoms in total. The maximum atomic E-state index is 5.88. The number of hydrogen-bond acceptors (Lipinski definition) is 9. The minimum atomic E-state index is 0.369. The van der Waals surface area contributed by atoms with Crippen molar-refractivity contribution < 1.29 is 4.74 Å². The van der Waals surface area contributed by atoms with Gasteiger partial charge in [0.1, 0.15) is 5.82 Å². The second-order valence-corrected chi connectivity index (χ2v) is 21.6. The summed E-state index contributed by atoms with van der Waals surface area (Å²) >= 11 is 3.67. The molecule has 3 aliphatic rings. The van der Waals surface area contributed by atoms with Gasteiger partial charge in [0, 0.05) is 123 Å². The van der Waals surface area contributed by atoms with Gasteiger partial charge in [-0.2, -0.15) is 0 Å². The van der Waals surface area contributed by atoms with Crippen LogP contribution in [0, 0.1) is 13.8 Å². The summed E-state index contributed by atoms with van der Waals surface area (Å²) in [6.07, 6.45) is 8.96. The molecule has 0 amide bonds. The van der Waals surface area contributed by atoms with Gasteiger partial charge in [-0.25, -0.2) is 8.61 Å². The average molecular weight is 966 g/mol. The van der Waals surface area contributed by atoms with Crippen molar-refractivity contribution in [2.24, 2.45) is 0 Å². The molecule has 0 aliphatic carbocycles. The predicted molar refractivity (Wildman–Crippen MR) is 292 cm³/mol. The Hall–Kier alpha value is -6.02. The second kappa shape index (κ2) is 21.1. The largest absolute Gasteiger partial charge is 0.378 e. The lowest BCUT2D eigenvalue weighted by Crippen LogP contribution is -2.42. The van der Waals surface area contributed by atoms with E-state index in [0.717, 1.165) is 76.8 Å². The van der Waals surface area contributed by atoms with Crippen LogP contribution >= 0.6 is 23.9 Å². The topological polar surface area (TPSA) is 84.0 Å². The highest BCUT2D eigenvalue weighted by Crippen LogP contribution is 2.40. The van der Waals surface area contributed by atoms with Crippen molar-refractivity contribution in [2.75, 3.05) is 69.3 Å². The first-order valence-corrected chi connectivity index (χ1v) is 26.6. The maximum absolute atomic E-state index is 5.88. The number of benzene rings is 5. The van der Waals surface area contributed by atoms with E-state index in [1.54, 1.807) is 11.9 Å². The lowest BCUT2D eigenvalue weighted by molar-refractivity contribution is 0.0376. The van der Waals surface area contributed by atoms with E-state index >= 15 is 0 Å². The summed E-state index contributed by atoms with van der Waals surface area (Å²) in [5, 5.41) is 11.2. The summed E-state index contributed by atoms with van der Waals surface area (Å²) in [5.41, 5.74) is 14.9. The fraction of sp³-hybridized carbons (Fsp3) is 0.310. The molecular weight excluding hydrogens is 903 g/mol. The molecule has 4 aromatic heterocycles. The zero-order chi connectivity index (χ0) is 47.4. The number of aryl methyl sites for hydroxylation is 2. The molecule has 2 N–H and O–H groups in total. The number of H-pyrrole nitrogens is 2. The Kier molecular flexibility index (Phi) is 14.0. The minimum absolute atomic E-state index is 0.369. The number of hydrogen-bond donors (Lipinski definition) is 2. The number of nitrogens with one attached hydrogen (secondary N) is 2. The Morgan fingerprint density at radius 3 is 1.91 bits per heavy atom. The number of ether oxygens (including phenoxy) is 1. The number of pyridine rings is 1. The summed E-state index contributed by atoms with van der Waals surface area (Å²) in [7, 11) is 2.15. The van der Waals surface area contributed by atoms with Crippen LogP contribution < -0.4 is 9.80 Å². The van der Waals surface area contributed by atoms with Gasteiger partial charge in [-0.05, 0) is 166 Å². The average Bonchev–Trinajstić information content (AvgIpc) is 4.25. The van der Waals surface area contributed by atoms with Gasteiger partial charge in [0.05, 0.1) is 13.2 Å². The SMILES string of the molecule is Cc1ccc2cc(-c3cc(SN(C)CCc4nnc5ccccn45)ccc3N3CCCC3)[nH]c2c1.Cc1ccc2cc(-c3cc(SN4CCOCC4Cc4ccccc4)ccc3N3CCCC3)[nH]c2c1. The number of morpholine rings is 1. The number of aromatic nitrogens is 5. The normalized spacial score (nSPS) is 16.5. The first kappa shape index (κ1) is 46.4. The molecule has 0 bridgehead atoms. The van der Waals surface area contributed by atoms with Crippen molar-refractivity contribution in [1.82, 2.24) is 33.2 Å². The third-order valence-electron chi connectivity index (χ3n) is 14.0. The van der Waals surface area contributed by atoms with Crippen LogP contribution in [-0.4, -0.2) is 98.7 Å². The molecule has 0 spiro atoms. The molecule has 9 aromatic rings. The summed E-state index contributed by atoms with van der Waals surface area (Å²) < 4.78 is 12.8. The van der Waals surface area contributed by atoms with Crippen molar-refractivity contribution in [3.8, 4) is 22.5 Å². The molecule has 3 aliphatic heterocycles. The summed E-state index contributed by atoms with van der Waals surface area (Å²) in [6, 6.07) is 49.0. The van der Waals surface area contributed by atoms with Crippen LogP contribution in [0.5, 0.6) is 0 Å². The molecule has 70 heavy (non-hydrogen) atoms. The van der Waals surface area contributed by atoms with Crippen molar-refractivity contribution >= 4 is 62.7 Å². The number of aromatic amines is 2. The van der Waals surface area contributed by atoms with Gasteiger partial charge in [0.15, 0.2) is 5.65 Å². The van der Waals surface area contributed by atoms with Crippen molar-refractivity contribution in [1.29, 1.82) is 0 Å². The maximum Gasteiger partial charge on any atom is 0.160 e. The van der Waals surface area contributed by atoms with E-state index in [2.05, 4.69) is 179 Å². The van der Waals surface area contributed by atoms with Crippen LogP contribution in [0.25, 0.3) is 50.0 Å². The highest BCUT2D eigenvalue weighted by molar-refractivity contribution is 7.97. The van der Waals surface area contributed by atoms with Gasteiger partial charge < -0.3 is 24.5 Å². The summed E-state index contributed by atoms with van der Waals surface area (Å²) in [5.74, 6) is 0.992. The van der Waals surface area contributed by atoms with Gasteiger partial charge in [0.25, 0.3) is 0 Å². The van der Waals surface area contributed by atoms with Gasteiger partial charge >= 0.3 is 0 Å². The first-order chi connectivity index (χ1) is 34.4. The van der Waals surface area contributed by atoms with E-state index in [0.29, 0.717) is 6.04 Å². The summed E-state index contributed by atoms with van der Waals surface area (Å²) in [4.78, 5) is 15.0. The second-order valence-electron chi connectivity index (χ2n) is 19.2. The number of nitrogens with zero attached hydrogens (tertiary/aromatic N) is 7. The highest BCUT2D eigenvalue weighted by atomic mass is 32.2. The third-order valence-corrected chi connectivity index (χ3v) is 16.1. The molecular formula is C58H63N9OS2. The Morgan fingerprint density at radius 1 is 0.643 bits per heavy atom. The zero-order valence-corrected chi connectivity index (χ0v) is 42.2. The van der Waals surface area contributed by atoms with Gasteiger partial charge in [-0.15, -0.1) is 10.2 Å². The van der Waals surface area contributed by atoms with Crippen LogP contribution in [0.1, 0.15) is 48.2 Å². The van der Waals surface area contributed by atoms with Gasteiger partial charge in [-0.1, -0.05) is 60.7 Å². The highest BCUT2D eigenvalue weighted by Gasteiger charge is 2.26. The monoisotopic (exact) mass is 965 g/mol. The number of likely N-dealkylation sites (N-methyl/N-ethyl adjacent to an activating group) is 1. The molecule has 0 radical (unpaired) electrons. The van der Waals surface area contributed by atoms with Crippen LogP contribution in [0.15, 0.2) is 149 Å². The van der Waals surface area contributed by atoms with Gasteiger partial charge in [0.2, 0.25) is 0 Å². The fourth-order valence-electron chi connectivity index (χ4n) is 10.3. The van der Waals surface area contributed by atoms with E-state index in [9.17, 15) is 0 Å². The number of fused-ring (bicyclic) bond motifs is 3. The molecule has 7 heterocycles. The molecule has 12 rings (SSSR count). The Bertz CT molecular complexity index is 3200. The van der Waals surface area contributed by atoms with Crippen LogP contribution in [0.4, 0.5) is 11.4 Å². The van der Waals surface area contributed by atoms with Crippen LogP contribution in [-0.2, 0) is 17.6 Å². The number of anilines is 2. The standard InChI is InChI=1S/C30H33N3OS.C28H30N6S/c1-22-9-10-24-19-29(31-28(24)17-22)27-20-26(11-12-30(27)32-13-5-6-14-32)35-33-15-16-34-21-25(33)18-23-7-3-2-4-8-23;1-20-8-9-21-18-25(29-24(21)17-20)23-19-22(10-11-26(23)33-13-5-6-14-33)35-32(2)16-12-28-31-30-27-7-3-4-15-34(27)28/h2-4,7-12,17,19-20,25,31H,5-6,13-16,18,21H2,1H3;3-4,7-11,15,17-19,29H,5-6,12-14,16H2,1-2H3. The van der Waals surface area contributed by atoms with Crippen molar-refractivity contribution in [2.45, 2.75) is 68.2 Å². The van der Waals surface area contributed by atoms with E-state index in [-0.39, 0.29) is 0 Å². The quantitative estimate of drug-likeness (QED) is 0.110. The molecule has 0 saturated carbocycles. The van der Waals surface area contributed by atoms with Crippen molar-refractivity contribution in [3.05, 3.63) is 162 Å². The first-order valence-electron chi connectivity index (χ1n) is 25.1. The Morgan fingerprint density at radius 2 is 1.26 bits per heavy atom. The van der Waals surface area contributed by atoms with Crippen LogP contribution in [0.3, 0.4) is 0 Å². The lowest BCUT2D eigenvalue weighted by atomic mass is 10.1. The Balaban J connectivity index is 0.000000152. The molecule has 1 atom stereocenters. The van der Waals surface area contributed by atoms with Crippen molar-refractivity contribution in [3.63, 3.8) is 0 Å². The fourth-order valence-corrected chi connectivity index (χ4v) is 12.2. The van der Waals surface area contributed by atoms with E-state index in [1.807, 2.05) is 36.3 Å². The smallest absolute Gasteiger partial charge is 0.160 e. The van der Waals surface area contributed by atoms with E-state index in [1.165, 1.54) is 108 Å². The van der Waals surface area contributed by atoms with E-state index in [4.69, 9.17) is 4.74 Å². The molecule has 1 unspecified atom stereocenters. The van der Waals surface area contributed by atoms with Crippen LogP contribution in [0.2, 0.25) is 0 Å². The molecule has 12 heteroatoms. The lowest BCUT2D eigenvalue weighted by Gasteiger charge is -2.34. The Labute approximate surface area is 420 Å². The van der Waals surface area contributed by atoms with Gasteiger partial charge in [-0.3, -0.25) is 4.40 Å². The molecule has 5 aromatic carbocycles. The molecule has 358 valence electrons. The van der Waals surface area contributed by atoms with E-state index < -0.39 is 0 Å². The number of rotatable bonds is 13. The predicted octanol–water partition coefficient (Wildman–Crippen LogP) is 12.7. The molecule has 3 fully saturated rings. The molecule has 3 saturated heterocycles. The minimum Gasteiger partial charge on any atom is -0.378 e. The zero-order valence-electron chi connectivity index (χ0n) is 40.6. The third kappa shape index (κ3) is 10.5. The summed E-state index contributed by atoms with van der Waals surface area (Å²) in [6.45, 7) is 12.2.